The van der Waals surface area contributed by atoms with Crippen molar-refractivity contribution in [2.75, 3.05) is 0 Å². The lowest BCUT2D eigenvalue weighted by molar-refractivity contribution is -0.122. The lowest BCUT2D eigenvalue weighted by Gasteiger charge is -2.28. The van der Waals surface area contributed by atoms with E-state index in [-0.39, 0.29) is 17.4 Å². The number of aromatic nitrogens is 2. The zero-order valence-corrected chi connectivity index (χ0v) is 14.6. The Morgan fingerprint density at radius 2 is 2.16 bits per heavy atom. The average Bonchev–Trinajstić information content (AvgIpc) is 3.25. The first kappa shape index (κ1) is 16.3. The molecule has 0 radical (unpaired) electrons. The van der Waals surface area contributed by atoms with E-state index < -0.39 is 0 Å². The van der Waals surface area contributed by atoms with Gasteiger partial charge in [-0.15, -0.1) is 0 Å². The summed E-state index contributed by atoms with van der Waals surface area (Å²) in [7, 11) is 0. The molecule has 2 aliphatic carbocycles. The highest BCUT2D eigenvalue weighted by molar-refractivity contribution is 5.79. The van der Waals surface area contributed by atoms with Gasteiger partial charge in [-0.25, -0.2) is 0 Å². The van der Waals surface area contributed by atoms with Crippen LogP contribution < -0.4 is 10.7 Å². The molecule has 2 aliphatic rings. The van der Waals surface area contributed by atoms with E-state index in [1.54, 1.807) is 10.7 Å². The summed E-state index contributed by atoms with van der Waals surface area (Å²) in [5.41, 5.74) is 0.699. The smallest absolute Gasteiger partial charge is 0.222 e. The minimum absolute atomic E-state index is 0.0693. The van der Waals surface area contributed by atoms with Gasteiger partial charge in [-0.1, -0.05) is 18.6 Å². The fourth-order valence-electron chi connectivity index (χ4n) is 4.89. The van der Waals surface area contributed by atoms with Crippen molar-refractivity contribution in [3.8, 4) is 0 Å². The first-order chi connectivity index (χ1) is 12.1. The molecule has 2 fully saturated rings. The number of para-hydroxylation sites is 1. The summed E-state index contributed by atoms with van der Waals surface area (Å²) in [4.78, 5) is 24.2. The van der Waals surface area contributed by atoms with Gasteiger partial charge in [-0.3, -0.25) is 14.3 Å². The average molecular weight is 339 g/mol. The van der Waals surface area contributed by atoms with E-state index in [0.717, 1.165) is 17.4 Å². The monoisotopic (exact) mass is 339 g/mol. The zero-order chi connectivity index (χ0) is 17.4. The Hall–Kier alpha value is -2.17. The van der Waals surface area contributed by atoms with E-state index in [9.17, 15) is 9.59 Å². The number of fused-ring (bicyclic) bond motifs is 3. The highest BCUT2D eigenvalue weighted by Crippen LogP contribution is 2.49. The first-order valence-corrected chi connectivity index (χ1v) is 9.36. The van der Waals surface area contributed by atoms with E-state index in [2.05, 4.69) is 17.3 Å². The second-order valence-corrected chi connectivity index (χ2v) is 7.69. The maximum absolute atomic E-state index is 12.4. The molecule has 25 heavy (non-hydrogen) atoms. The van der Waals surface area contributed by atoms with Gasteiger partial charge in [0.15, 0.2) is 0 Å². The number of carbonyl (C=O) groups excluding carboxylic acids is 1. The van der Waals surface area contributed by atoms with Gasteiger partial charge in [0.1, 0.15) is 0 Å². The van der Waals surface area contributed by atoms with Crippen LogP contribution in [0.4, 0.5) is 0 Å². The third kappa shape index (κ3) is 3.20. The van der Waals surface area contributed by atoms with Crippen LogP contribution in [0.5, 0.6) is 0 Å². The zero-order valence-electron chi connectivity index (χ0n) is 14.6. The predicted octanol–water partition coefficient (Wildman–Crippen LogP) is 2.73. The Morgan fingerprint density at radius 1 is 1.32 bits per heavy atom. The van der Waals surface area contributed by atoms with Crippen molar-refractivity contribution >= 4 is 16.8 Å². The summed E-state index contributed by atoms with van der Waals surface area (Å²) in [6.07, 6.45) is 7.06. The molecule has 1 aromatic heterocycles. The molecule has 4 unspecified atom stereocenters. The third-order valence-electron chi connectivity index (χ3n) is 6.14. The van der Waals surface area contributed by atoms with Crippen LogP contribution >= 0.6 is 0 Å². The van der Waals surface area contributed by atoms with Gasteiger partial charge < -0.3 is 5.32 Å². The Balaban J connectivity index is 1.38. The third-order valence-corrected chi connectivity index (χ3v) is 6.14. The van der Waals surface area contributed by atoms with Crippen LogP contribution in [0.15, 0.2) is 35.3 Å². The van der Waals surface area contributed by atoms with Gasteiger partial charge in [0, 0.05) is 17.8 Å². The topological polar surface area (TPSA) is 64.0 Å². The van der Waals surface area contributed by atoms with E-state index in [0.29, 0.717) is 24.3 Å². The van der Waals surface area contributed by atoms with Crippen LogP contribution in [0.1, 0.15) is 39.0 Å². The molecule has 2 saturated carbocycles. The van der Waals surface area contributed by atoms with E-state index in [1.807, 2.05) is 18.2 Å². The summed E-state index contributed by atoms with van der Waals surface area (Å²) in [5, 5.41) is 8.03. The molecule has 0 aliphatic heterocycles. The molecular formula is C20H25N3O2. The summed E-state index contributed by atoms with van der Waals surface area (Å²) in [6.45, 7) is 2.63. The molecule has 2 aromatic rings. The predicted molar refractivity (Wildman–Crippen MR) is 97.2 cm³/mol. The van der Waals surface area contributed by atoms with Crippen molar-refractivity contribution in [3.05, 3.63) is 40.7 Å². The minimum Gasteiger partial charge on any atom is -0.353 e. The highest BCUT2D eigenvalue weighted by atomic mass is 16.1. The highest BCUT2D eigenvalue weighted by Gasteiger charge is 2.42. The van der Waals surface area contributed by atoms with Crippen LogP contribution in [0.25, 0.3) is 10.9 Å². The number of aryl methyl sites for hydroxylation is 1. The summed E-state index contributed by atoms with van der Waals surface area (Å²) in [5.74, 6) is 2.42. The first-order valence-electron chi connectivity index (χ1n) is 9.36. The van der Waals surface area contributed by atoms with Crippen LogP contribution in [-0.4, -0.2) is 21.7 Å². The fourth-order valence-corrected chi connectivity index (χ4v) is 4.89. The van der Waals surface area contributed by atoms with E-state index in [1.165, 1.54) is 31.9 Å². The van der Waals surface area contributed by atoms with Gasteiger partial charge in [0.05, 0.1) is 18.3 Å². The maximum Gasteiger partial charge on any atom is 0.222 e. The molecule has 4 rings (SSSR count). The lowest BCUT2D eigenvalue weighted by atomic mass is 9.84. The standard InChI is InChI=1S/C20H25N3O2/c1-13(17-11-14-6-7-15(17)10-14)22-20(25)8-9-23-18-5-3-2-4-16(18)19(24)12-21-23/h2-5,12-15,17H,6-11H2,1H3,(H,22,25). The van der Waals surface area contributed by atoms with Crippen LogP contribution in [0.3, 0.4) is 0 Å². The lowest BCUT2D eigenvalue weighted by Crippen LogP contribution is -2.40. The molecule has 5 nitrogen and oxygen atoms in total. The van der Waals surface area contributed by atoms with Crippen LogP contribution in [0, 0.1) is 17.8 Å². The molecular weight excluding hydrogens is 314 g/mol. The number of carbonyl (C=O) groups is 1. The molecule has 1 heterocycles. The van der Waals surface area contributed by atoms with Gasteiger partial charge in [-0.2, -0.15) is 5.10 Å². The number of nitrogens with zero attached hydrogens (tertiary/aromatic N) is 2. The van der Waals surface area contributed by atoms with Crippen LogP contribution in [0.2, 0.25) is 0 Å². The van der Waals surface area contributed by atoms with Gasteiger partial charge >= 0.3 is 0 Å². The number of hydrogen-bond donors (Lipinski definition) is 1. The number of amides is 1. The molecule has 132 valence electrons. The van der Waals surface area contributed by atoms with Crippen molar-refractivity contribution in [1.82, 2.24) is 15.1 Å². The van der Waals surface area contributed by atoms with Crippen molar-refractivity contribution in [2.24, 2.45) is 17.8 Å². The maximum atomic E-state index is 12.4. The normalized spacial score (nSPS) is 26.0. The van der Waals surface area contributed by atoms with Gasteiger partial charge in [-0.05, 0) is 56.1 Å². The number of hydrogen-bond acceptors (Lipinski definition) is 3. The number of benzene rings is 1. The Labute approximate surface area is 147 Å². The molecule has 0 saturated heterocycles. The molecule has 4 atom stereocenters. The van der Waals surface area contributed by atoms with Crippen molar-refractivity contribution in [1.29, 1.82) is 0 Å². The second-order valence-electron chi connectivity index (χ2n) is 7.69. The van der Waals surface area contributed by atoms with Crippen molar-refractivity contribution in [2.45, 2.75) is 51.6 Å². The minimum atomic E-state index is -0.0822. The largest absolute Gasteiger partial charge is 0.353 e. The number of nitrogens with one attached hydrogen (secondary N) is 1. The van der Waals surface area contributed by atoms with Gasteiger partial charge in [0.25, 0.3) is 0 Å². The second kappa shape index (κ2) is 6.62. The van der Waals surface area contributed by atoms with Crippen LogP contribution in [-0.2, 0) is 11.3 Å². The Bertz CT molecular complexity index is 844. The molecule has 0 spiro atoms. The summed E-state index contributed by atoms with van der Waals surface area (Å²) < 4.78 is 1.75. The molecule has 1 amide bonds. The van der Waals surface area contributed by atoms with E-state index >= 15 is 0 Å². The van der Waals surface area contributed by atoms with Gasteiger partial charge in [0.2, 0.25) is 11.3 Å². The molecule has 1 aromatic carbocycles. The molecule has 5 heteroatoms. The fraction of sp³-hybridized carbons (Fsp3) is 0.550. The Morgan fingerprint density at radius 3 is 2.92 bits per heavy atom. The summed E-state index contributed by atoms with van der Waals surface area (Å²) in [6, 6.07) is 7.66. The van der Waals surface area contributed by atoms with E-state index in [4.69, 9.17) is 0 Å². The Kier molecular flexibility index (Phi) is 4.32. The number of rotatable bonds is 5. The van der Waals surface area contributed by atoms with Crippen molar-refractivity contribution in [3.63, 3.8) is 0 Å². The summed E-state index contributed by atoms with van der Waals surface area (Å²) >= 11 is 0. The van der Waals surface area contributed by atoms with Crippen molar-refractivity contribution < 1.29 is 4.79 Å². The molecule has 2 bridgehead atoms. The SMILES string of the molecule is CC(NC(=O)CCn1ncc(=O)c2ccccc21)C1CC2CCC1C2. The quantitative estimate of drug-likeness (QED) is 0.911. The molecule has 1 N–H and O–H groups in total.